The lowest BCUT2D eigenvalue weighted by atomic mass is 9.92. The van der Waals surface area contributed by atoms with Crippen molar-refractivity contribution in [2.24, 2.45) is 11.8 Å². The third-order valence-corrected chi connectivity index (χ3v) is 7.37. The van der Waals surface area contributed by atoms with Crippen LogP contribution in [0.25, 0.3) is 22.3 Å². The second-order valence-corrected chi connectivity index (χ2v) is 10.7. The van der Waals surface area contributed by atoms with E-state index < -0.39 is 0 Å². The zero-order valence-electron chi connectivity index (χ0n) is 21.7. The third-order valence-electron chi connectivity index (χ3n) is 7.37. The molecule has 3 aromatic heterocycles. The van der Waals surface area contributed by atoms with Crippen LogP contribution in [0, 0.1) is 17.7 Å². The molecule has 1 aromatic carbocycles. The van der Waals surface area contributed by atoms with Gasteiger partial charge in [-0.2, -0.15) is 0 Å². The van der Waals surface area contributed by atoms with Crippen LogP contribution in [0.1, 0.15) is 41.9 Å². The molecule has 0 spiro atoms. The first-order chi connectivity index (χ1) is 18.4. The fourth-order valence-electron chi connectivity index (χ4n) is 5.63. The van der Waals surface area contributed by atoms with Crippen LogP contribution in [0.3, 0.4) is 0 Å². The SMILES string of the molecule is CC1CC(C)CN(c2cc(F)cc(-c3ccc4cnc(CNC(=O)c5ccc6c(c5)NCC6)cc4n3)n2)C1. The number of anilines is 2. The Balaban J connectivity index is 1.22. The van der Waals surface area contributed by atoms with Gasteiger partial charge in [0.05, 0.1) is 29.1 Å². The molecule has 1 fully saturated rings. The molecule has 0 saturated carbocycles. The molecule has 2 aliphatic rings. The van der Waals surface area contributed by atoms with Crippen molar-refractivity contribution in [3.8, 4) is 11.4 Å². The number of fused-ring (bicyclic) bond motifs is 2. The minimum Gasteiger partial charge on any atom is -0.384 e. The molecule has 2 aliphatic heterocycles. The van der Waals surface area contributed by atoms with Gasteiger partial charge >= 0.3 is 0 Å². The molecule has 2 N–H and O–H groups in total. The van der Waals surface area contributed by atoms with Gasteiger partial charge in [0.25, 0.3) is 5.91 Å². The van der Waals surface area contributed by atoms with Gasteiger partial charge in [0.15, 0.2) is 0 Å². The summed E-state index contributed by atoms with van der Waals surface area (Å²) in [7, 11) is 0. The van der Waals surface area contributed by atoms with E-state index in [9.17, 15) is 9.18 Å². The average Bonchev–Trinajstić information content (AvgIpc) is 3.38. The smallest absolute Gasteiger partial charge is 0.251 e. The molecule has 2 atom stereocenters. The maximum absolute atomic E-state index is 14.7. The fourth-order valence-corrected chi connectivity index (χ4v) is 5.63. The summed E-state index contributed by atoms with van der Waals surface area (Å²) in [6, 6.07) is 14.3. The molecule has 0 bridgehead atoms. The van der Waals surface area contributed by atoms with Crippen LogP contribution in [0.2, 0.25) is 0 Å². The Kier molecular flexibility index (Phi) is 6.39. The summed E-state index contributed by atoms with van der Waals surface area (Å²) in [5.74, 6) is 1.26. The molecule has 0 aliphatic carbocycles. The van der Waals surface area contributed by atoms with Gasteiger partial charge in [-0.1, -0.05) is 19.9 Å². The van der Waals surface area contributed by atoms with Crippen LogP contribution < -0.4 is 15.5 Å². The highest BCUT2D eigenvalue weighted by Gasteiger charge is 2.24. The molecule has 7 nitrogen and oxygen atoms in total. The maximum atomic E-state index is 14.7. The largest absolute Gasteiger partial charge is 0.384 e. The van der Waals surface area contributed by atoms with Crippen molar-refractivity contribution in [2.75, 3.05) is 29.9 Å². The Morgan fingerprint density at radius 1 is 1.05 bits per heavy atom. The highest BCUT2D eigenvalue weighted by molar-refractivity contribution is 5.95. The van der Waals surface area contributed by atoms with Crippen molar-refractivity contribution in [3.05, 3.63) is 77.4 Å². The van der Waals surface area contributed by atoms with E-state index in [1.165, 1.54) is 24.1 Å². The molecule has 194 valence electrons. The summed E-state index contributed by atoms with van der Waals surface area (Å²) >= 11 is 0. The number of nitrogens with zero attached hydrogens (tertiary/aromatic N) is 4. The number of nitrogens with one attached hydrogen (secondary N) is 2. The van der Waals surface area contributed by atoms with Crippen LogP contribution >= 0.6 is 0 Å². The zero-order chi connectivity index (χ0) is 26.2. The number of pyridine rings is 3. The van der Waals surface area contributed by atoms with E-state index >= 15 is 0 Å². The van der Waals surface area contributed by atoms with Gasteiger partial charge in [0, 0.05) is 54.6 Å². The van der Waals surface area contributed by atoms with Crippen molar-refractivity contribution < 1.29 is 9.18 Å². The van der Waals surface area contributed by atoms with Crippen molar-refractivity contribution >= 4 is 28.3 Å². The number of aromatic nitrogens is 3. The number of halogens is 1. The summed E-state index contributed by atoms with van der Waals surface area (Å²) in [5.41, 5.74) is 5.39. The number of piperidine rings is 1. The molecule has 1 amide bonds. The number of amides is 1. The molecule has 38 heavy (non-hydrogen) atoms. The third kappa shape index (κ3) is 5.03. The van der Waals surface area contributed by atoms with Crippen molar-refractivity contribution in [1.29, 1.82) is 0 Å². The Bertz CT molecular complexity index is 1510. The summed E-state index contributed by atoms with van der Waals surface area (Å²) < 4.78 is 14.7. The van der Waals surface area contributed by atoms with Gasteiger partial charge < -0.3 is 15.5 Å². The number of carbonyl (C=O) groups is 1. The first-order valence-electron chi connectivity index (χ1n) is 13.2. The van der Waals surface area contributed by atoms with Crippen molar-refractivity contribution in [2.45, 2.75) is 33.2 Å². The van der Waals surface area contributed by atoms with Gasteiger partial charge in [-0.3, -0.25) is 9.78 Å². The molecule has 1 saturated heterocycles. The number of benzene rings is 1. The predicted molar refractivity (Wildman–Crippen MR) is 148 cm³/mol. The van der Waals surface area contributed by atoms with Crippen LogP contribution in [-0.4, -0.2) is 40.5 Å². The topological polar surface area (TPSA) is 83.0 Å². The second-order valence-electron chi connectivity index (χ2n) is 10.7. The predicted octanol–water partition coefficient (Wildman–Crippen LogP) is 5.21. The lowest BCUT2D eigenvalue weighted by molar-refractivity contribution is 0.0950. The molecular formula is C30H31FN6O. The van der Waals surface area contributed by atoms with Crippen molar-refractivity contribution in [1.82, 2.24) is 20.3 Å². The van der Waals surface area contributed by atoms with Crippen molar-refractivity contribution in [3.63, 3.8) is 0 Å². The molecule has 6 rings (SSSR count). The molecule has 2 unspecified atom stereocenters. The molecule has 8 heteroatoms. The lowest BCUT2D eigenvalue weighted by Gasteiger charge is -2.36. The van der Waals surface area contributed by atoms with Crippen LogP contribution in [0.15, 0.2) is 54.7 Å². The van der Waals surface area contributed by atoms with E-state index in [1.807, 2.05) is 36.4 Å². The number of carbonyl (C=O) groups excluding carboxylic acids is 1. The van der Waals surface area contributed by atoms with Gasteiger partial charge in [-0.25, -0.2) is 14.4 Å². The summed E-state index contributed by atoms with van der Waals surface area (Å²) in [6.45, 7) is 7.37. The maximum Gasteiger partial charge on any atom is 0.251 e. The second kappa shape index (κ2) is 10.0. The highest BCUT2D eigenvalue weighted by Crippen LogP contribution is 2.28. The Hall–Kier alpha value is -4.07. The standard InChI is InChI=1S/C30H31FN6O/c1-18-9-19(2)17-37(16-18)29-12-23(31)11-28(36-29)25-6-5-22-14-33-24(13-27(22)35-25)15-34-30(38)21-4-3-20-7-8-32-26(20)10-21/h3-6,10-14,18-19,32H,7-9,15-17H2,1-2H3,(H,34,38). The van der Waals surface area contributed by atoms with Gasteiger partial charge in [-0.15, -0.1) is 0 Å². The number of hydrogen-bond acceptors (Lipinski definition) is 6. The molecule has 4 aromatic rings. The Morgan fingerprint density at radius 3 is 2.74 bits per heavy atom. The van der Waals surface area contributed by atoms with Crippen LogP contribution in [0.4, 0.5) is 15.9 Å². The number of rotatable bonds is 5. The molecule has 5 heterocycles. The summed E-state index contributed by atoms with van der Waals surface area (Å²) in [6.07, 6.45) is 3.90. The van der Waals surface area contributed by atoms with Gasteiger partial charge in [0.1, 0.15) is 11.6 Å². The van der Waals surface area contributed by atoms with E-state index in [4.69, 9.17) is 9.97 Å². The minimum absolute atomic E-state index is 0.150. The van der Waals surface area contributed by atoms with Crippen LogP contribution in [-0.2, 0) is 13.0 Å². The monoisotopic (exact) mass is 510 g/mol. The normalized spacial score (nSPS) is 18.8. The first-order valence-corrected chi connectivity index (χ1v) is 13.2. The Morgan fingerprint density at radius 2 is 1.89 bits per heavy atom. The highest BCUT2D eigenvalue weighted by atomic mass is 19.1. The quantitative estimate of drug-likeness (QED) is 0.384. The van der Waals surface area contributed by atoms with Gasteiger partial charge in [0.2, 0.25) is 0 Å². The van der Waals surface area contributed by atoms with E-state index in [0.717, 1.165) is 42.6 Å². The summed E-state index contributed by atoms with van der Waals surface area (Å²) in [5, 5.41) is 7.12. The minimum atomic E-state index is -0.322. The van der Waals surface area contributed by atoms with E-state index in [2.05, 4.69) is 34.4 Å². The van der Waals surface area contributed by atoms with Gasteiger partial charge in [-0.05, 0) is 60.6 Å². The average molecular weight is 511 g/mol. The summed E-state index contributed by atoms with van der Waals surface area (Å²) in [4.78, 5) is 29.0. The fraction of sp³-hybridized carbons (Fsp3) is 0.333. The number of hydrogen-bond donors (Lipinski definition) is 2. The molecular weight excluding hydrogens is 479 g/mol. The first kappa shape index (κ1) is 24.3. The van der Waals surface area contributed by atoms with Crippen LogP contribution in [0.5, 0.6) is 0 Å². The zero-order valence-corrected chi connectivity index (χ0v) is 21.7. The lowest BCUT2D eigenvalue weighted by Crippen LogP contribution is -2.39. The van der Waals surface area contributed by atoms with E-state index in [-0.39, 0.29) is 18.3 Å². The Labute approximate surface area is 221 Å². The van der Waals surface area contributed by atoms with E-state index in [1.54, 1.807) is 6.20 Å². The van der Waals surface area contributed by atoms with E-state index in [0.29, 0.717) is 40.3 Å². The molecule has 0 radical (unpaired) electrons.